The van der Waals surface area contributed by atoms with Gasteiger partial charge in [-0.15, -0.1) is 0 Å². The average Bonchev–Trinajstić information content (AvgIpc) is 2.38. The number of aryl methyl sites for hydroxylation is 2. The predicted molar refractivity (Wildman–Crippen MR) is 68.8 cm³/mol. The molecule has 0 saturated carbocycles. The van der Waals surface area contributed by atoms with Crippen molar-refractivity contribution in [2.45, 2.75) is 45.6 Å². The van der Waals surface area contributed by atoms with Crippen LogP contribution in [0.25, 0.3) is 0 Å². The Kier molecular flexibility index (Phi) is 3.79. The molecule has 1 aromatic heterocycles. The van der Waals surface area contributed by atoms with Crippen molar-refractivity contribution >= 4 is 11.8 Å². The van der Waals surface area contributed by atoms with Gasteiger partial charge >= 0.3 is 5.97 Å². The second-order valence-electron chi connectivity index (χ2n) is 4.68. The fourth-order valence-corrected chi connectivity index (χ4v) is 2.38. The van der Waals surface area contributed by atoms with Crippen molar-refractivity contribution in [3.63, 3.8) is 0 Å². The Morgan fingerprint density at radius 2 is 2.28 bits per heavy atom. The standard InChI is InChI=1S/C13H19N3O2/c1-3-11-14-9(2)8-12(15-11)16-7-5-4-6-10(16)13(17)18/h8,10H,3-7H2,1-2H3,(H,17,18). The number of piperidine rings is 1. The molecule has 1 saturated heterocycles. The SMILES string of the molecule is CCc1nc(C)cc(N2CCCCC2C(=O)O)n1. The minimum Gasteiger partial charge on any atom is -0.480 e. The van der Waals surface area contributed by atoms with E-state index in [9.17, 15) is 9.90 Å². The van der Waals surface area contributed by atoms with Crippen LogP contribution in [0.1, 0.15) is 37.7 Å². The van der Waals surface area contributed by atoms with Crippen LogP contribution in [-0.4, -0.2) is 33.6 Å². The molecule has 2 heterocycles. The van der Waals surface area contributed by atoms with E-state index >= 15 is 0 Å². The van der Waals surface area contributed by atoms with Crippen LogP contribution in [0.4, 0.5) is 5.82 Å². The highest BCUT2D eigenvalue weighted by atomic mass is 16.4. The maximum atomic E-state index is 11.3. The molecular weight excluding hydrogens is 230 g/mol. The minimum absolute atomic E-state index is 0.447. The van der Waals surface area contributed by atoms with Crippen LogP contribution in [0, 0.1) is 6.92 Å². The number of anilines is 1. The van der Waals surface area contributed by atoms with Crippen molar-refractivity contribution < 1.29 is 9.90 Å². The van der Waals surface area contributed by atoms with Crippen LogP contribution in [0.15, 0.2) is 6.07 Å². The maximum absolute atomic E-state index is 11.3. The first-order valence-corrected chi connectivity index (χ1v) is 6.46. The van der Waals surface area contributed by atoms with Gasteiger partial charge in [-0.3, -0.25) is 0 Å². The van der Waals surface area contributed by atoms with E-state index in [2.05, 4.69) is 9.97 Å². The monoisotopic (exact) mass is 249 g/mol. The number of rotatable bonds is 3. The highest BCUT2D eigenvalue weighted by Crippen LogP contribution is 2.24. The van der Waals surface area contributed by atoms with E-state index in [1.165, 1.54) is 0 Å². The maximum Gasteiger partial charge on any atom is 0.326 e. The third kappa shape index (κ3) is 2.60. The summed E-state index contributed by atoms with van der Waals surface area (Å²) < 4.78 is 0. The van der Waals surface area contributed by atoms with Crippen LogP contribution < -0.4 is 4.90 Å². The number of aliphatic carboxylic acids is 1. The molecule has 0 aromatic carbocycles. The van der Waals surface area contributed by atoms with E-state index in [0.29, 0.717) is 6.42 Å². The minimum atomic E-state index is -0.760. The van der Waals surface area contributed by atoms with E-state index in [4.69, 9.17) is 0 Å². The van der Waals surface area contributed by atoms with Crippen molar-refractivity contribution in [3.8, 4) is 0 Å². The third-order valence-electron chi connectivity index (χ3n) is 3.29. The average molecular weight is 249 g/mol. The summed E-state index contributed by atoms with van der Waals surface area (Å²) >= 11 is 0. The Morgan fingerprint density at radius 3 is 2.94 bits per heavy atom. The van der Waals surface area contributed by atoms with Crippen LogP contribution in [0.2, 0.25) is 0 Å². The van der Waals surface area contributed by atoms with Gasteiger partial charge in [0.15, 0.2) is 0 Å². The molecule has 1 fully saturated rings. The molecule has 1 N–H and O–H groups in total. The molecule has 18 heavy (non-hydrogen) atoms. The molecule has 2 rings (SSSR count). The smallest absolute Gasteiger partial charge is 0.326 e. The van der Waals surface area contributed by atoms with Crippen molar-refractivity contribution in [1.29, 1.82) is 0 Å². The Morgan fingerprint density at radius 1 is 1.50 bits per heavy atom. The van der Waals surface area contributed by atoms with Crippen molar-refractivity contribution in [1.82, 2.24) is 9.97 Å². The van der Waals surface area contributed by atoms with Gasteiger partial charge in [-0.05, 0) is 26.2 Å². The molecular formula is C13H19N3O2. The molecule has 1 atom stereocenters. The van der Waals surface area contributed by atoms with Crippen molar-refractivity contribution in [2.24, 2.45) is 0 Å². The molecule has 1 aliphatic heterocycles. The Balaban J connectivity index is 2.33. The molecule has 0 radical (unpaired) electrons. The van der Waals surface area contributed by atoms with Crippen molar-refractivity contribution in [3.05, 3.63) is 17.6 Å². The van der Waals surface area contributed by atoms with Crippen LogP contribution in [-0.2, 0) is 11.2 Å². The summed E-state index contributed by atoms with van der Waals surface area (Å²) in [6, 6.07) is 1.43. The number of carbonyl (C=O) groups is 1. The molecule has 0 amide bonds. The molecule has 1 aliphatic rings. The summed E-state index contributed by atoms with van der Waals surface area (Å²) in [5.74, 6) is 0.773. The number of hydrogen-bond acceptors (Lipinski definition) is 4. The van der Waals surface area contributed by atoms with Gasteiger partial charge in [0.1, 0.15) is 17.7 Å². The third-order valence-corrected chi connectivity index (χ3v) is 3.29. The highest BCUT2D eigenvalue weighted by Gasteiger charge is 2.29. The summed E-state index contributed by atoms with van der Waals surface area (Å²) in [7, 11) is 0. The molecule has 1 aromatic rings. The van der Waals surface area contributed by atoms with Gasteiger partial charge in [-0.2, -0.15) is 0 Å². The van der Waals surface area contributed by atoms with Gasteiger partial charge in [0.05, 0.1) is 0 Å². The van der Waals surface area contributed by atoms with Gasteiger partial charge in [-0.1, -0.05) is 6.92 Å². The molecule has 0 spiro atoms. The van der Waals surface area contributed by atoms with Crippen molar-refractivity contribution in [2.75, 3.05) is 11.4 Å². The van der Waals surface area contributed by atoms with Gasteiger partial charge < -0.3 is 10.0 Å². The first kappa shape index (κ1) is 12.8. The zero-order valence-corrected chi connectivity index (χ0v) is 10.9. The molecule has 98 valence electrons. The summed E-state index contributed by atoms with van der Waals surface area (Å²) in [5, 5.41) is 9.28. The van der Waals surface area contributed by atoms with Gasteiger partial charge in [0, 0.05) is 24.7 Å². The number of carboxylic acids is 1. The first-order valence-electron chi connectivity index (χ1n) is 6.46. The summed E-state index contributed by atoms with van der Waals surface area (Å²) in [5.41, 5.74) is 0.895. The first-order chi connectivity index (χ1) is 8.61. The fourth-order valence-electron chi connectivity index (χ4n) is 2.38. The largest absolute Gasteiger partial charge is 0.480 e. The summed E-state index contributed by atoms with van der Waals surface area (Å²) in [4.78, 5) is 22.0. The lowest BCUT2D eigenvalue weighted by Gasteiger charge is -2.34. The molecule has 5 heteroatoms. The van der Waals surface area contributed by atoms with E-state index in [1.54, 1.807) is 0 Å². The van der Waals surface area contributed by atoms with Gasteiger partial charge in [0.25, 0.3) is 0 Å². The van der Waals surface area contributed by atoms with E-state index < -0.39 is 12.0 Å². The molecule has 0 bridgehead atoms. The van der Waals surface area contributed by atoms with Crippen LogP contribution >= 0.6 is 0 Å². The molecule has 5 nitrogen and oxygen atoms in total. The Hall–Kier alpha value is -1.65. The highest BCUT2D eigenvalue weighted by molar-refractivity contribution is 5.78. The lowest BCUT2D eigenvalue weighted by atomic mass is 10.0. The van der Waals surface area contributed by atoms with Gasteiger partial charge in [-0.25, -0.2) is 14.8 Å². The number of hydrogen-bond donors (Lipinski definition) is 1. The lowest BCUT2D eigenvalue weighted by Crippen LogP contribution is -2.45. The van der Waals surface area contributed by atoms with Crippen LogP contribution in [0.3, 0.4) is 0 Å². The quantitative estimate of drug-likeness (QED) is 0.884. The topological polar surface area (TPSA) is 66.3 Å². The zero-order valence-electron chi connectivity index (χ0n) is 10.9. The van der Waals surface area contributed by atoms with E-state index in [1.807, 2.05) is 24.8 Å². The fraction of sp³-hybridized carbons (Fsp3) is 0.615. The summed E-state index contributed by atoms with van der Waals surface area (Å²) in [6.07, 6.45) is 3.45. The number of carboxylic acid groups (broad SMARTS) is 1. The Bertz CT molecular complexity index is 448. The zero-order chi connectivity index (χ0) is 13.1. The lowest BCUT2D eigenvalue weighted by molar-refractivity contribution is -0.139. The van der Waals surface area contributed by atoms with Gasteiger partial charge in [0.2, 0.25) is 0 Å². The second kappa shape index (κ2) is 5.33. The van der Waals surface area contributed by atoms with E-state index in [0.717, 1.165) is 43.1 Å². The number of nitrogens with zero attached hydrogens (tertiary/aromatic N) is 3. The summed E-state index contributed by atoms with van der Waals surface area (Å²) in [6.45, 7) is 4.68. The molecule has 1 unspecified atom stereocenters. The second-order valence-corrected chi connectivity index (χ2v) is 4.68. The predicted octanol–water partition coefficient (Wildman–Crippen LogP) is 1.79. The number of aromatic nitrogens is 2. The van der Waals surface area contributed by atoms with E-state index in [-0.39, 0.29) is 0 Å². The normalized spacial score (nSPS) is 19.9. The Labute approximate surface area is 107 Å². The van der Waals surface area contributed by atoms with Crippen LogP contribution in [0.5, 0.6) is 0 Å². The molecule has 0 aliphatic carbocycles.